The summed E-state index contributed by atoms with van der Waals surface area (Å²) >= 11 is 0. The predicted octanol–water partition coefficient (Wildman–Crippen LogP) is 4.21. The first-order chi connectivity index (χ1) is 13.5. The summed E-state index contributed by atoms with van der Waals surface area (Å²) in [6, 6.07) is 17.2. The fourth-order valence-electron chi connectivity index (χ4n) is 2.78. The second kappa shape index (κ2) is 8.23. The van der Waals surface area contributed by atoms with Crippen molar-refractivity contribution in [3.8, 4) is 23.2 Å². The van der Waals surface area contributed by atoms with E-state index < -0.39 is 0 Å². The highest BCUT2D eigenvalue weighted by Crippen LogP contribution is 2.28. The fraction of sp³-hybridized carbons (Fsp3) is 0.0909. The van der Waals surface area contributed by atoms with E-state index in [2.05, 4.69) is 11.1 Å². The number of methoxy groups -OCH3 is 1. The summed E-state index contributed by atoms with van der Waals surface area (Å²) in [4.78, 5) is 4.40. The van der Waals surface area contributed by atoms with Gasteiger partial charge in [0.2, 0.25) is 5.88 Å². The van der Waals surface area contributed by atoms with E-state index in [9.17, 15) is 9.65 Å². The van der Waals surface area contributed by atoms with Crippen molar-refractivity contribution in [3.63, 3.8) is 0 Å². The second-order valence-electron chi connectivity index (χ2n) is 6.22. The molecule has 0 saturated carbocycles. The monoisotopic (exact) mass is 374 g/mol. The molecule has 4 N–H and O–H groups in total. The van der Waals surface area contributed by atoms with Crippen LogP contribution in [0.4, 0.5) is 15.8 Å². The molecular weight excluding hydrogens is 355 g/mol. The van der Waals surface area contributed by atoms with Crippen LogP contribution in [0.5, 0.6) is 5.88 Å². The summed E-state index contributed by atoms with van der Waals surface area (Å²) in [6.07, 6.45) is 2.07. The summed E-state index contributed by atoms with van der Waals surface area (Å²) in [6.45, 7) is 0. The minimum absolute atomic E-state index is 0.320. The number of nitrogens with zero attached hydrogens (tertiary/aromatic N) is 2. The Balaban J connectivity index is 1.93. The van der Waals surface area contributed by atoms with Gasteiger partial charge in [-0.3, -0.25) is 0 Å². The molecule has 0 aliphatic heterocycles. The Kier molecular flexibility index (Phi) is 5.56. The normalized spacial score (nSPS) is 11.1. The molecule has 140 valence electrons. The number of hydrogen-bond acceptors (Lipinski definition) is 5. The number of ether oxygens (including phenoxy) is 1. The molecule has 0 unspecified atom stereocenters. The lowest BCUT2D eigenvalue weighted by molar-refractivity contribution is 0.401. The minimum Gasteiger partial charge on any atom is -0.480 e. The van der Waals surface area contributed by atoms with Crippen molar-refractivity contribution in [2.24, 2.45) is 0 Å². The zero-order valence-corrected chi connectivity index (χ0v) is 15.3. The lowest BCUT2D eigenvalue weighted by Crippen LogP contribution is -1.99. The molecule has 3 aromatic rings. The maximum atomic E-state index is 13.1. The SMILES string of the molecule is COc1nc(-c2ccc(N)c(C/C(C#N)=C\c3ccc(F)cc3)c2)ccc1N. The quantitative estimate of drug-likeness (QED) is 0.515. The van der Waals surface area contributed by atoms with Crippen molar-refractivity contribution in [3.05, 3.63) is 77.1 Å². The van der Waals surface area contributed by atoms with Crippen LogP contribution in [-0.4, -0.2) is 12.1 Å². The Hall–Kier alpha value is -3.85. The molecule has 5 nitrogen and oxygen atoms in total. The van der Waals surface area contributed by atoms with E-state index >= 15 is 0 Å². The molecule has 0 aliphatic rings. The molecular formula is C22H19FN4O. The van der Waals surface area contributed by atoms with Gasteiger partial charge in [-0.25, -0.2) is 9.37 Å². The molecule has 0 aliphatic carbocycles. The number of halogens is 1. The first-order valence-electron chi connectivity index (χ1n) is 8.55. The lowest BCUT2D eigenvalue weighted by Gasteiger charge is -2.10. The smallest absolute Gasteiger partial charge is 0.237 e. The summed E-state index contributed by atoms with van der Waals surface area (Å²) in [5.41, 5.74) is 16.5. The highest BCUT2D eigenvalue weighted by molar-refractivity contribution is 5.69. The Bertz CT molecular complexity index is 1070. The van der Waals surface area contributed by atoms with Gasteiger partial charge in [0.15, 0.2) is 0 Å². The standard InChI is InChI=1S/C22H19FN4O/c1-28-22-20(26)8-9-21(27-22)16-4-7-19(25)17(12-16)11-15(13-24)10-14-2-5-18(23)6-3-14/h2-10,12H,11,25-26H2,1H3/b15-10+. The van der Waals surface area contributed by atoms with Crippen molar-refractivity contribution in [2.75, 3.05) is 18.6 Å². The molecule has 0 atom stereocenters. The summed E-state index contributed by atoms with van der Waals surface area (Å²) in [5.74, 6) is 0.0313. The van der Waals surface area contributed by atoms with Crippen molar-refractivity contribution < 1.29 is 9.13 Å². The molecule has 0 radical (unpaired) electrons. The maximum Gasteiger partial charge on any atom is 0.237 e. The third kappa shape index (κ3) is 4.27. The van der Waals surface area contributed by atoms with Gasteiger partial charge in [0.25, 0.3) is 0 Å². The summed E-state index contributed by atoms with van der Waals surface area (Å²) < 4.78 is 18.2. The molecule has 2 aromatic carbocycles. The van der Waals surface area contributed by atoms with Crippen molar-refractivity contribution >= 4 is 17.5 Å². The number of pyridine rings is 1. The molecule has 0 spiro atoms. The molecule has 0 fully saturated rings. The number of benzene rings is 2. The number of rotatable bonds is 5. The van der Waals surface area contributed by atoms with Gasteiger partial charge >= 0.3 is 0 Å². The maximum absolute atomic E-state index is 13.1. The average Bonchev–Trinajstić information content (AvgIpc) is 2.71. The van der Waals surface area contributed by atoms with Gasteiger partial charge in [-0.05, 0) is 53.6 Å². The van der Waals surface area contributed by atoms with Crippen molar-refractivity contribution in [1.29, 1.82) is 5.26 Å². The van der Waals surface area contributed by atoms with Gasteiger partial charge in [-0.15, -0.1) is 0 Å². The number of anilines is 2. The molecule has 1 aromatic heterocycles. The number of aromatic nitrogens is 1. The third-order valence-electron chi connectivity index (χ3n) is 4.26. The molecule has 0 bridgehead atoms. The number of hydrogen-bond donors (Lipinski definition) is 2. The van der Waals surface area contributed by atoms with Crippen LogP contribution < -0.4 is 16.2 Å². The number of nitriles is 1. The van der Waals surface area contributed by atoms with Crippen molar-refractivity contribution in [1.82, 2.24) is 4.98 Å². The highest BCUT2D eigenvalue weighted by atomic mass is 19.1. The van der Waals surface area contributed by atoms with Crippen LogP contribution in [0.15, 0.2) is 60.2 Å². The Labute approximate surface area is 162 Å². The van der Waals surface area contributed by atoms with Crippen LogP contribution in [0.25, 0.3) is 17.3 Å². The predicted molar refractivity (Wildman–Crippen MR) is 109 cm³/mol. The molecule has 0 saturated heterocycles. The molecule has 1 heterocycles. The zero-order chi connectivity index (χ0) is 20.1. The van der Waals surface area contributed by atoms with E-state index in [0.717, 1.165) is 16.7 Å². The van der Waals surface area contributed by atoms with Crippen molar-refractivity contribution in [2.45, 2.75) is 6.42 Å². The Morgan fingerprint density at radius 3 is 2.50 bits per heavy atom. The van der Waals surface area contributed by atoms with Crippen LogP contribution in [0.1, 0.15) is 11.1 Å². The van der Waals surface area contributed by atoms with Gasteiger partial charge < -0.3 is 16.2 Å². The zero-order valence-electron chi connectivity index (χ0n) is 15.3. The highest BCUT2D eigenvalue weighted by Gasteiger charge is 2.09. The largest absolute Gasteiger partial charge is 0.480 e. The molecule has 28 heavy (non-hydrogen) atoms. The number of allylic oxidation sites excluding steroid dienone is 1. The van der Waals surface area contributed by atoms with E-state index in [4.69, 9.17) is 16.2 Å². The second-order valence-corrected chi connectivity index (χ2v) is 6.22. The van der Waals surface area contributed by atoms with E-state index in [0.29, 0.717) is 34.9 Å². The van der Waals surface area contributed by atoms with E-state index in [-0.39, 0.29) is 5.82 Å². The first-order valence-corrected chi connectivity index (χ1v) is 8.55. The van der Waals surface area contributed by atoms with E-state index in [1.807, 2.05) is 12.1 Å². The van der Waals surface area contributed by atoms with Gasteiger partial charge in [0.05, 0.1) is 24.6 Å². The van der Waals surface area contributed by atoms with E-state index in [1.165, 1.54) is 19.2 Å². The van der Waals surface area contributed by atoms with Gasteiger partial charge in [0, 0.05) is 23.2 Å². The van der Waals surface area contributed by atoms with Crippen LogP contribution in [-0.2, 0) is 6.42 Å². The first kappa shape index (κ1) is 18.9. The van der Waals surface area contributed by atoms with Gasteiger partial charge in [-0.2, -0.15) is 5.26 Å². The Morgan fingerprint density at radius 1 is 1.11 bits per heavy atom. The van der Waals surface area contributed by atoms with E-state index in [1.54, 1.807) is 36.4 Å². The van der Waals surface area contributed by atoms with Crippen LogP contribution in [0.2, 0.25) is 0 Å². The minimum atomic E-state index is -0.320. The lowest BCUT2D eigenvalue weighted by atomic mass is 9.98. The molecule has 3 rings (SSSR count). The Morgan fingerprint density at radius 2 is 1.82 bits per heavy atom. The van der Waals surface area contributed by atoms with Gasteiger partial charge in [-0.1, -0.05) is 18.2 Å². The third-order valence-corrected chi connectivity index (χ3v) is 4.26. The topological polar surface area (TPSA) is 98.0 Å². The number of nitrogen functional groups attached to an aromatic ring is 2. The van der Waals surface area contributed by atoms with Crippen LogP contribution in [0, 0.1) is 17.1 Å². The van der Waals surface area contributed by atoms with Crippen LogP contribution in [0.3, 0.4) is 0 Å². The number of nitrogens with two attached hydrogens (primary N) is 2. The average molecular weight is 374 g/mol. The van der Waals surface area contributed by atoms with Crippen LogP contribution >= 0.6 is 0 Å². The summed E-state index contributed by atoms with van der Waals surface area (Å²) in [7, 11) is 1.51. The fourth-order valence-corrected chi connectivity index (χ4v) is 2.78. The summed E-state index contributed by atoms with van der Waals surface area (Å²) in [5, 5.41) is 9.50. The molecule has 6 heteroatoms. The molecule has 0 amide bonds. The van der Waals surface area contributed by atoms with Gasteiger partial charge in [0.1, 0.15) is 5.82 Å².